The molecule has 4 aliphatic rings. The molecule has 1 aromatic carbocycles. The lowest BCUT2D eigenvalue weighted by Crippen LogP contribution is -2.58. The fraction of sp³-hybridized carbons (Fsp3) is 0.606. The fourth-order valence-electron chi connectivity index (χ4n) is 8.05. The molecule has 5 rings (SSSR count). The van der Waals surface area contributed by atoms with Crippen molar-refractivity contribution >= 4 is 29.5 Å². The first-order chi connectivity index (χ1) is 19.9. The van der Waals surface area contributed by atoms with E-state index in [1.807, 2.05) is 47.1 Å². The Labute approximate surface area is 249 Å². The molecule has 2 bridgehead atoms. The minimum absolute atomic E-state index is 0.00454. The van der Waals surface area contributed by atoms with Crippen molar-refractivity contribution in [1.29, 1.82) is 0 Å². The van der Waals surface area contributed by atoms with E-state index >= 15 is 0 Å². The summed E-state index contributed by atoms with van der Waals surface area (Å²) in [6, 6.07) is 8.21. The number of amides is 3. The highest BCUT2D eigenvalue weighted by Gasteiger charge is 2.74. The highest BCUT2D eigenvalue weighted by molar-refractivity contribution is 8.02. The monoisotopic (exact) mass is 579 g/mol. The van der Waals surface area contributed by atoms with Crippen molar-refractivity contribution in [2.45, 2.75) is 86.4 Å². The number of fused-ring (bicyclic) bond motifs is 1. The average Bonchev–Trinajstić information content (AvgIpc) is 3.64. The molecule has 2 unspecified atom stereocenters. The van der Waals surface area contributed by atoms with Crippen LogP contribution in [0.1, 0.15) is 69.9 Å². The molecule has 1 N–H and O–H groups in total. The maximum absolute atomic E-state index is 14.9. The second-order valence-corrected chi connectivity index (χ2v) is 13.7. The number of hydrogen-bond donors (Lipinski definition) is 1. The van der Waals surface area contributed by atoms with E-state index in [9.17, 15) is 19.5 Å². The van der Waals surface area contributed by atoms with Crippen LogP contribution in [-0.4, -0.2) is 85.8 Å². The van der Waals surface area contributed by atoms with Crippen LogP contribution in [0.3, 0.4) is 0 Å². The van der Waals surface area contributed by atoms with E-state index < -0.39 is 28.7 Å². The molecule has 3 saturated heterocycles. The lowest BCUT2D eigenvalue weighted by Gasteiger charge is -2.42. The zero-order valence-corrected chi connectivity index (χ0v) is 25.1. The Morgan fingerprint density at radius 2 is 1.80 bits per heavy atom. The SMILES string of the molecule is C=CCN(CCC)C(=O)[C@@H]1[C@@H]2CCC3(S2)C(C(=O)N(CC=C)C2CCCCC2)N([C@H](CO)c2ccccc2)C(=O)[C@H]13. The van der Waals surface area contributed by atoms with Crippen molar-refractivity contribution in [2.24, 2.45) is 11.8 Å². The first-order valence-electron chi connectivity index (χ1n) is 15.4. The van der Waals surface area contributed by atoms with Gasteiger partial charge in [-0.1, -0.05) is 68.7 Å². The topological polar surface area (TPSA) is 81.2 Å². The van der Waals surface area contributed by atoms with E-state index in [4.69, 9.17) is 0 Å². The highest BCUT2D eigenvalue weighted by Crippen LogP contribution is 2.67. The van der Waals surface area contributed by atoms with Gasteiger partial charge in [-0.25, -0.2) is 0 Å². The van der Waals surface area contributed by atoms with E-state index in [1.54, 1.807) is 28.8 Å². The predicted octanol–water partition coefficient (Wildman–Crippen LogP) is 4.58. The summed E-state index contributed by atoms with van der Waals surface area (Å²) in [5.74, 6) is -1.30. The number of aliphatic hydroxyl groups is 1. The molecule has 0 aromatic heterocycles. The highest BCUT2D eigenvalue weighted by atomic mass is 32.2. The third-order valence-corrected chi connectivity index (χ3v) is 11.7. The molecular formula is C33H45N3O4S. The number of carbonyl (C=O) groups excluding carboxylic acids is 3. The first kappa shape index (κ1) is 29.9. The number of benzene rings is 1. The molecule has 1 aromatic rings. The Hall–Kier alpha value is -2.58. The number of nitrogens with zero attached hydrogens (tertiary/aromatic N) is 3. The zero-order valence-electron chi connectivity index (χ0n) is 24.3. The Morgan fingerprint density at radius 1 is 1.10 bits per heavy atom. The van der Waals surface area contributed by atoms with Gasteiger partial charge in [0.15, 0.2) is 0 Å². The van der Waals surface area contributed by atoms with Crippen molar-refractivity contribution < 1.29 is 19.5 Å². The Morgan fingerprint density at radius 3 is 2.44 bits per heavy atom. The lowest BCUT2D eigenvalue weighted by atomic mass is 9.70. The second-order valence-electron chi connectivity index (χ2n) is 12.1. The second kappa shape index (κ2) is 12.7. The Bertz CT molecular complexity index is 1140. The van der Waals surface area contributed by atoms with E-state index in [2.05, 4.69) is 13.2 Å². The summed E-state index contributed by atoms with van der Waals surface area (Å²) in [7, 11) is 0. The van der Waals surface area contributed by atoms with Gasteiger partial charge in [-0.05, 0) is 37.7 Å². The summed E-state index contributed by atoms with van der Waals surface area (Å²) in [5, 5.41) is 10.8. The number of hydrogen-bond acceptors (Lipinski definition) is 5. The summed E-state index contributed by atoms with van der Waals surface area (Å²) >= 11 is 1.70. The van der Waals surface area contributed by atoms with Gasteiger partial charge in [0.25, 0.3) is 0 Å². The summed E-state index contributed by atoms with van der Waals surface area (Å²) in [4.78, 5) is 49.1. The van der Waals surface area contributed by atoms with Crippen molar-refractivity contribution in [3.8, 4) is 0 Å². The predicted molar refractivity (Wildman–Crippen MR) is 163 cm³/mol. The van der Waals surface area contributed by atoms with E-state index in [-0.39, 0.29) is 35.6 Å². The smallest absolute Gasteiger partial charge is 0.247 e. The van der Waals surface area contributed by atoms with Crippen molar-refractivity contribution in [3.63, 3.8) is 0 Å². The molecule has 0 radical (unpaired) electrons. The minimum atomic E-state index is -0.744. The van der Waals surface area contributed by atoms with E-state index in [0.29, 0.717) is 26.1 Å². The Balaban J connectivity index is 1.60. The number of carbonyl (C=O) groups is 3. The average molecular weight is 580 g/mol. The van der Waals surface area contributed by atoms with E-state index in [0.717, 1.165) is 44.1 Å². The molecule has 3 amide bonds. The number of aliphatic hydroxyl groups excluding tert-OH is 1. The number of likely N-dealkylation sites (tertiary alicyclic amines) is 1. The molecule has 1 saturated carbocycles. The van der Waals surface area contributed by atoms with Crippen LogP contribution in [0.5, 0.6) is 0 Å². The van der Waals surface area contributed by atoms with Crippen LogP contribution in [0, 0.1) is 11.8 Å². The molecule has 3 aliphatic heterocycles. The van der Waals surface area contributed by atoms with Gasteiger partial charge < -0.3 is 19.8 Å². The van der Waals surface area contributed by atoms with Gasteiger partial charge in [0.05, 0.1) is 29.2 Å². The quantitative estimate of drug-likeness (QED) is 0.367. The fourth-order valence-corrected chi connectivity index (χ4v) is 10.2. The summed E-state index contributed by atoms with van der Waals surface area (Å²) in [6.45, 7) is 11.0. The minimum Gasteiger partial charge on any atom is -0.394 e. The molecular weight excluding hydrogens is 534 g/mol. The molecule has 6 atom stereocenters. The number of rotatable bonds is 12. The molecule has 4 fully saturated rings. The van der Waals surface area contributed by atoms with Gasteiger partial charge in [-0.3, -0.25) is 14.4 Å². The van der Waals surface area contributed by atoms with Crippen LogP contribution in [0.2, 0.25) is 0 Å². The molecule has 222 valence electrons. The summed E-state index contributed by atoms with van der Waals surface area (Å²) < 4.78 is -0.693. The van der Waals surface area contributed by atoms with Crippen LogP contribution >= 0.6 is 11.8 Å². The summed E-state index contributed by atoms with van der Waals surface area (Å²) in [6.07, 6.45) is 11.1. The van der Waals surface area contributed by atoms with Gasteiger partial charge >= 0.3 is 0 Å². The first-order valence-corrected chi connectivity index (χ1v) is 16.3. The van der Waals surface area contributed by atoms with Gasteiger partial charge in [0, 0.05) is 30.9 Å². The molecule has 1 spiro atoms. The molecule has 8 heteroatoms. The van der Waals surface area contributed by atoms with Crippen LogP contribution < -0.4 is 0 Å². The normalized spacial score (nSPS) is 29.7. The largest absolute Gasteiger partial charge is 0.394 e. The summed E-state index contributed by atoms with van der Waals surface area (Å²) in [5.41, 5.74) is 0.798. The van der Waals surface area contributed by atoms with Crippen LogP contribution in [-0.2, 0) is 14.4 Å². The standard InChI is InChI=1S/C33H45N3O4S/c1-4-19-34(20-5-2)30(38)27-26-17-18-33(41-26)28(27)31(39)36(25(22-37)23-13-9-7-10-14-23)29(33)32(40)35(21-6-3)24-15-11-8-12-16-24/h4,6-7,9-10,13-14,24-29,37H,1,3,5,8,11-12,15-22H2,2H3/t25-,26+,27-,28+,29?,33?/m1/s1. The Kier molecular flexibility index (Phi) is 9.29. The van der Waals surface area contributed by atoms with Gasteiger partial charge in [-0.15, -0.1) is 24.9 Å². The third-order valence-electron chi connectivity index (χ3n) is 9.73. The van der Waals surface area contributed by atoms with Gasteiger partial charge in [0.1, 0.15) is 6.04 Å². The van der Waals surface area contributed by atoms with Crippen molar-refractivity contribution in [1.82, 2.24) is 14.7 Å². The lowest BCUT2D eigenvalue weighted by molar-refractivity contribution is -0.148. The molecule has 7 nitrogen and oxygen atoms in total. The van der Waals surface area contributed by atoms with Crippen molar-refractivity contribution in [3.05, 3.63) is 61.2 Å². The maximum Gasteiger partial charge on any atom is 0.247 e. The van der Waals surface area contributed by atoms with Crippen LogP contribution in [0.4, 0.5) is 0 Å². The van der Waals surface area contributed by atoms with E-state index in [1.165, 1.54) is 6.42 Å². The van der Waals surface area contributed by atoms with Gasteiger partial charge in [0.2, 0.25) is 17.7 Å². The molecule has 1 aliphatic carbocycles. The molecule has 3 heterocycles. The maximum atomic E-state index is 14.9. The molecule has 41 heavy (non-hydrogen) atoms. The van der Waals surface area contributed by atoms with Gasteiger partial charge in [-0.2, -0.15) is 0 Å². The third kappa shape index (κ3) is 5.16. The van der Waals surface area contributed by atoms with Crippen LogP contribution in [0.25, 0.3) is 0 Å². The van der Waals surface area contributed by atoms with Crippen LogP contribution in [0.15, 0.2) is 55.6 Å². The number of thioether (sulfide) groups is 1. The zero-order chi connectivity index (χ0) is 29.1. The van der Waals surface area contributed by atoms with Crippen molar-refractivity contribution in [2.75, 3.05) is 26.2 Å².